The van der Waals surface area contributed by atoms with E-state index in [0.717, 1.165) is 19.4 Å². The van der Waals surface area contributed by atoms with E-state index in [1.807, 2.05) is 42.5 Å². The first-order valence-corrected chi connectivity index (χ1v) is 9.69. The second-order valence-corrected chi connectivity index (χ2v) is 7.50. The molecule has 3 aromatic rings. The van der Waals surface area contributed by atoms with Gasteiger partial charge in [-0.25, -0.2) is 0 Å². The predicted octanol–water partition coefficient (Wildman–Crippen LogP) is 5.06. The number of amides is 1. The van der Waals surface area contributed by atoms with Crippen molar-refractivity contribution in [3.8, 4) is 0 Å². The lowest BCUT2D eigenvalue weighted by molar-refractivity contribution is -0.121. The van der Waals surface area contributed by atoms with E-state index >= 15 is 0 Å². The summed E-state index contributed by atoms with van der Waals surface area (Å²) in [5.41, 5.74) is 3.85. The summed E-state index contributed by atoms with van der Waals surface area (Å²) in [5, 5.41) is 3.21. The Morgan fingerprint density at radius 3 is 1.74 bits per heavy atom. The Morgan fingerprint density at radius 2 is 1.26 bits per heavy atom. The number of nitrogens with one attached hydrogen (secondary N) is 1. The van der Waals surface area contributed by atoms with Gasteiger partial charge in [-0.2, -0.15) is 0 Å². The van der Waals surface area contributed by atoms with E-state index < -0.39 is 0 Å². The summed E-state index contributed by atoms with van der Waals surface area (Å²) >= 11 is 0. The molecule has 136 valence electrons. The number of benzene rings is 3. The van der Waals surface area contributed by atoms with Gasteiger partial charge >= 0.3 is 0 Å². The van der Waals surface area contributed by atoms with Crippen LogP contribution in [0.3, 0.4) is 0 Å². The van der Waals surface area contributed by atoms with E-state index in [4.69, 9.17) is 0 Å². The second kappa shape index (κ2) is 7.79. The summed E-state index contributed by atoms with van der Waals surface area (Å²) in [6, 6.07) is 31.2. The van der Waals surface area contributed by atoms with Gasteiger partial charge in [-0.1, -0.05) is 91.0 Å². The fraction of sp³-hybridized carbons (Fsp3) is 0.240. The zero-order chi connectivity index (χ0) is 18.5. The van der Waals surface area contributed by atoms with Crippen LogP contribution in [0.15, 0.2) is 91.0 Å². The van der Waals surface area contributed by atoms with Crippen LogP contribution in [-0.2, 0) is 10.2 Å². The topological polar surface area (TPSA) is 29.1 Å². The minimum atomic E-state index is 0.0827. The summed E-state index contributed by atoms with van der Waals surface area (Å²) in [5.74, 6) is 0.203. The van der Waals surface area contributed by atoms with E-state index in [-0.39, 0.29) is 17.2 Å². The lowest BCUT2D eigenvalue weighted by atomic mass is 9.88. The van der Waals surface area contributed by atoms with Gasteiger partial charge in [0.15, 0.2) is 0 Å². The number of rotatable bonds is 7. The van der Waals surface area contributed by atoms with Gasteiger partial charge in [-0.15, -0.1) is 0 Å². The van der Waals surface area contributed by atoms with Crippen molar-refractivity contribution in [3.05, 3.63) is 108 Å². The minimum absolute atomic E-state index is 0.0827. The van der Waals surface area contributed by atoms with Crippen molar-refractivity contribution >= 4 is 5.91 Å². The Bertz CT molecular complexity index is 830. The molecule has 0 heterocycles. The Balaban J connectivity index is 1.45. The van der Waals surface area contributed by atoms with Crippen LogP contribution in [-0.4, -0.2) is 12.5 Å². The normalized spacial score (nSPS) is 14.7. The van der Waals surface area contributed by atoms with Gasteiger partial charge in [-0.05, 0) is 29.5 Å². The standard InChI is InChI=1S/C25H25NO/c27-24(26-19-25(16-17-25)22-14-8-3-9-15-22)18-23(20-10-4-1-5-11-20)21-12-6-2-7-13-21/h1-15,23H,16-19H2,(H,26,27). The quantitative estimate of drug-likeness (QED) is 0.631. The molecule has 0 spiro atoms. The third-order valence-corrected chi connectivity index (χ3v) is 5.66. The van der Waals surface area contributed by atoms with E-state index in [9.17, 15) is 4.79 Å². The maximum absolute atomic E-state index is 12.8. The van der Waals surface area contributed by atoms with E-state index in [1.165, 1.54) is 16.7 Å². The summed E-state index contributed by atoms with van der Waals surface area (Å²) in [6.45, 7) is 0.728. The van der Waals surface area contributed by atoms with E-state index in [2.05, 4.69) is 53.8 Å². The number of carbonyl (C=O) groups excluding carboxylic acids is 1. The Kier molecular flexibility index (Phi) is 5.06. The average Bonchev–Trinajstić information content (AvgIpc) is 3.54. The highest BCUT2D eigenvalue weighted by Gasteiger charge is 2.44. The Morgan fingerprint density at radius 1 is 0.778 bits per heavy atom. The molecule has 27 heavy (non-hydrogen) atoms. The molecule has 1 aliphatic carbocycles. The summed E-state index contributed by atoms with van der Waals surface area (Å²) in [6.07, 6.45) is 2.77. The van der Waals surface area contributed by atoms with Gasteiger partial charge < -0.3 is 5.32 Å². The SMILES string of the molecule is O=C(CC(c1ccccc1)c1ccccc1)NCC1(c2ccccc2)CC1. The van der Waals surface area contributed by atoms with Crippen LogP contribution in [0, 0.1) is 0 Å². The molecule has 1 saturated carbocycles. The summed E-state index contributed by atoms with van der Waals surface area (Å²) in [4.78, 5) is 12.8. The monoisotopic (exact) mass is 355 g/mol. The molecule has 0 atom stereocenters. The minimum Gasteiger partial charge on any atom is -0.355 e. The Labute approximate surface area is 161 Å². The van der Waals surface area contributed by atoms with Crippen LogP contribution in [0.1, 0.15) is 41.9 Å². The fourth-order valence-corrected chi connectivity index (χ4v) is 3.83. The molecule has 0 saturated heterocycles. The molecule has 1 N–H and O–H groups in total. The van der Waals surface area contributed by atoms with Crippen molar-refractivity contribution in [3.63, 3.8) is 0 Å². The molecular weight excluding hydrogens is 330 g/mol. The van der Waals surface area contributed by atoms with Crippen LogP contribution in [0.2, 0.25) is 0 Å². The molecule has 4 rings (SSSR count). The average molecular weight is 355 g/mol. The highest BCUT2D eigenvalue weighted by atomic mass is 16.1. The highest BCUT2D eigenvalue weighted by Crippen LogP contribution is 2.47. The number of hydrogen-bond acceptors (Lipinski definition) is 1. The van der Waals surface area contributed by atoms with Gasteiger partial charge in [-0.3, -0.25) is 4.79 Å². The molecule has 0 aliphatic heterocycles. The van der Waals surface area contributed by atoms with E-state index in [1.54, 1.807) is 0 Å². The van der Waals surface area contributed by atoms with Crippen molar-refractivity contribution in [2.24, 2.45) is 0 Å². The largest absolute Gasteiger partial charge is 0.355 e. The molecule has 0 aromatic heterocycles. The van der Waals surface area contributed by atoms with Gasteiger partial charge in [0.25, 0.3) is 0 Å². The third kappa shape index (κ3) is 4.11. The van der Waals surface area contributed by atoms with Crippen molar-refractivity contribution < 1.29 is 4.79 Å². The molecule has 1 amide bonds. The van der Waals surface area contributed by atoms with Crippen molar-refractivity contribution in [1.29, 1.82) is 0 Å². The number of carbonyl (C=O) groups is 1. The maximum atomic E-state index is 12.8. The zero-order valence-corrected chi connectivity index (χ0v) is 15.5. The molecular formula is C25H25NO. The lowest BCUT2D eigenvalue weighted by Crippen LogP contribution is -2.33. The van der Waals surface area contributed by atoms with Gasteiger partial charge in [0.2, 0.25) is 5.91 Å². The van der Waals surface area contributed by atoms with Crippen LogP contribution < -0.4 is 5.32 Å². The van der Waals surface area contributed by atoms with Crippen LogP contribution in [0.4, 0.5) is 0 Å². The zero-order valence-electron chi connectivity index (χ0n) is 15.5. The molecule has 0 unspecified atom stereocenters. The highest BCUT2D eigenvalue weighted by molar-refractivity contribution is 5.77. The molecule has 0 bridgehead atoms. The summed E-state index contributed by atoms with van der Waals surface area (Å²) in [7, 11) is 0. The predicted molar refractivity (Wildman–Crippen MR) is 110 cm³/mol. The van der Waals surface area contributed by atoms with Gasteiger partial charge in [0.05, 0.1) is 0 Å². The second-order valence-electron chi connectivity index (χ2n) is 7.50. The Hall–Kier alpha value is -2.87. The first-order valence-electron chi connectivity index (χ1n) is 9.69. The molecule has 2 heteroatoms. The van der Waals surface area contributed by atoms with E-state index in [0.29, 0.717) is 6.42 Å². The summed E-state index contributed by atoms with van der Waals surface area (Å²) < 4.78 is 0. The maximum Gasteiger partial charge on any atom is 0.220 e. The molecule has 1 fully saturated rings. The molecule has 1 aliphatic rings. The van der Waals surface area contributed by atoms with Crippen LogP contribution in [0.5, 0.6) is 0 Å². The van der Waals surface area contributed by atoms with Crippen LogP contribution >= 0.6 is 0 Å². The van der Waals surface area contributed by atoms with Crippen molar-refractivity contribution in [2.45, 2.75) is 30.6 Å². The van der Waals surface area contributed by atoms with Gasteiger partial charge in [0.1, 0.15) is 0 Å². The van der Waals surface area contributed by atoms with Crippen molar-refractivity contribution in [1.82, 2.24) is 5.32 Å². The smallest absolute Gasteiger partial charge is 0.220 e. The third-order valence-electron chi connectivity index (χ3n) is 5.66. The number of hydrogen-bond donors (Lipinski definition) is 1. The molecule has 0 radical (unpaired) electrons. The fourth-order valence-electron chi connectivity index (χ4n) is 3.83. The van der Waals surface area contributed by atoms with Crippen LogP contribution in [0.25, 0.3) is 0 Å². The first-order chi connectivity index (χ1) is 13.3. The van der Waals surface area contributed by atoms with Gasteiger partial charge in [0, 0.05) is 24.3 Å². The molecule has 2 nitrogen and oxygen atoms in total. The molecule has 3 aromatic carbocycles. The first kappa shape index (κ1) is 17.5. The lowest BCUT2D eigenvalue weighted by Gasteiger charge is -2.20. The van der Waals surface area contributed by atoms with Crippen molar-refractivity contribution in [2.75, 3.05) is 6.54 Å².